The number of nitrogens with zero attached hydrogens (tertiary/aromatic N) is 4. The van der Waals surface area contributed by atoms with E-state index >= 15 is 0 Å². The molecule has 0 spiro atoms. The number of aromatic nitrogens is 3. The standard InChI is InChI=1S/C9H14N4O2/c1-2-15-7-9(14)12-5-8(6-12)13-10-3-4-11-13/h3-4,8H,2,5-7H2,1H3. The van der Waals surface area contributed by atoms with E-state index in [1.807, 2.05) is 6.92 Å². The number of likely N-dealkylation sites (tertiary alicyclic amines) is 1. The predicted octanol–water partition coefficient (Wildman–Crippen LogP) is -0.302. The molecule has 82 valence electrons. The molecule has 15 heavy (non-hydrogen) atoms. The van der Waals surface area contributed by atoms with Crippen molar-refractivity contribution in [1.82, 2.24) is 19.9 Å². The van der Waals surface area contributed by atoms with Crippen molar-refractivity contribution in [1.29, 1.82) is 0 Å². The number of rotatable bonds is 4. The second-order valence-electron chi connectivity index (χ2n) is 3.44. The van der Waals surface area contributed by atoms with Crippen molar-refractivity contribution in [2.24, 2.45) is 0 Å². The summed E-state index contributed by atoms with van der Waals surface area (Å²) in [6, 6.07) is 0.227. The molecule has 2 heterocycles. The molecule has 1 aliphatic rings. The van der Waals surface area contributed by atoms with Crippen LogP contribution in [-0.2, 0) is 9.53 Å². The minimum Gasteiger partial charge on any atom is -0.372 e. The molecule has 1 saturated heterocycles. The highest BCUT2D eigenvalue weighted by molar-refractivity contribution is 5.78. The third-order valence-corrected chi connectivity index (χ3v) is 2.41. The lowest BCUT2D eigenvalue weighted by atomic mass is 10.1. The third-order valence-electron chi connectivity index (χ3n) is 2.41. The summed E-state index contributed by atoms with van der Waals surface area (Å²) in [6.45, 7) is 3.99. The lowest BCUT2D eigenvalue weighted by molar-refractivity contribution is -0.142. The Balaban J connectivity index is 1.76. The third kappa shape index (κ3) is 2.15. The highest BCUT2D eigenvalue weighted by Crippen LogP contribution is 2.18. The van der Waals surface area contributed by atoms with Crippen LogP contribution >= 0.6 is 0 Å². The highest BCUT2D eigenvalue weighted by Gasteiger charge is 2.32. The first-order chi connectivity index (χ1) is 7.31. The molecule has 6 heteroatoms. The van der Waals surface area contributed by atoms with Gasteiger partial charge in [0.05, 0.1) is 12.4 Å². The van der Waals surface area contributed by atoms with Crippen LogP contribution in [0.1, 0.15) is 13.0 Å². The Hall–Kier alpha value is -1.43. The largest absolute Gasteiger partial charge is 0.372 e. The fourth-order valence-electron chi connectivity index (χ4n) is 1.50. The van der Waals surface area contributed by atoms with Crippen LogP contribution < -0.4 is 0 Å². The van der Waals surface area contributed by atoms with E-state index in [0.717, 1.165) is 0 Å². The average Bonchev–Trinajstić information content (AvgIpc) is 2.65. The molecule has 0 atom stereocenters. The molecule has 0 N–H and O–H groups in total. The SMILES string of the molecule is CCOCC(=O)N1CC(n2nccn2)C1. The first kappa shape index (κ1) is 10.1. The van der Waals surface area contributed by atoms with Crippen LogP contribution in [0.5, 0.6) is 0 Å². The van der Waals surface area contributed by atoms with Crippen LogP contribution in [-0.4, -0.2) is 52.1 Å². The van der Waals surface area contributed by atoms with Crippen molar-refractivity contribution in [2.45, 2.75) is 13.0 Å². The average molecular weight is 210 g/mol. The van der Waals surface area contributed by atoms with Gasteiger partial charge in [0.1, 0.15) is 12.6 Å². The molecule has 1 aliphatic heterocycles. The number of hydrogen-bond donors (Lipinski definition) is 0. The Labute approximate surface area is 87.8 Å². The Kier molecular flexibility index (Phi) is 2.96. The highest BCUT2D eigenvalue weighted by atomic mass is 16.5. The number of carbonyl (C=O) groups is 1. The van der Waals surface area contributed by atoms with E-state index in [9.17, 15) is 4.79 Å². The predicted molar refractivity (Wildman–Crippen MR) is 52.1 cm³/mol. The first-order valence-electron chi connectivity index (χ1n) is 5.02. The molecule has 0 saturated carbocycles. The fourth-order valence-corrected chi connectivity index (χ4v) is 1.50. The number of hydrogen-bond acceptors (Lipinski definition) is 4. The van der Waals surface area contributed by atoms with E-state index in [0.29, 0.717) is 19.7 Å². The molecule has 0 unspecified atom stereocenters. The molecular weight excluding hydrogens is 196 g/mol. The number of ether oxygens (including phenoxy) is 1. The van der Waals surface area contributed by atoms with Gasteiger partial charge in [0.2, 0.25) is 5.91 Å². The van der Waals surface area contributed by atoms with Crippen LogP contribution in [0.4, 0.5) is 0 Å². The van der Waals surface area contributed by atoms with E-state index in [-0.39, 0.29) is 18.6 Å². The van der Waals surface area contributed by atoms with Gasteiger partial charge in [0, 0.05) is 19.7 Å². The summed E-state index contributed by atoms with van der Waals surface area (Å²) >= 11 is 0. The summed E-state index contributed by atoms with van der Waals surface area (Å²) in [6.07, 6.45) is 3.29. The van der Waals surface area contributed by atoms with Gasteiger partial charge in [-0.3, -0.25) is 4.79 Å². The minimum atomic E-state index is 0.0419. The van der Waals surface area contributed by atoms with E-state index in [4.69, 9.17) is 4.74 Å². The maximum absolute atomic E-state index is 11.5. The molecule has 0 bridgehead atoms. The van der Waals surface area contributed by atoms with Gasteiger partial charge in [-0.25, -0.2) is 0 Å². The van der Waals surface area contributed by atoms with Crippen LogP contribution in [0.3, 0.4) is 0 Å². The second kappa shape index (κ2) is 4.39. The van der Waals surface area contributed by atoms with Gasteiger partial charge in [0.15, 0.2) is 0 Å². The smallest absolute Gasteiger partial charge is 0.248 e. The van der Waals surface area contributed by atoms with Gasteiger partial charge in [-0.15, -0.1) is 0 Å². The van der Waals surface area contributed by atoms with Crippen molar-refractivity contribution in [3.8, 4) is 0 Å². The first-order valence-corrected chi connectivity index (χ1v) is 5.02. The van der Waals surface area contributed by atoms with Crippen LogP contribution in [0.2, 0.25) is 0 Å². The minimum absolute atomic E-state index is 0.0419. The van der Waals surface area contributed by atoms with Gasteiger partial charge < -0.3 is 9.64 Å². The molecule has 1 fully saturated rings. The molecule has 0 aliphatic carbocycles. The Morgan fingerprint density at radius 1 is 1.47 bits per heavy atom. The van der Waals surface area contributed by atoms with E-state index in [2.05, 4.69) is 10.2 Å². The normalized spacial score (nSPS) is 16.5. The summed E-state index contributed by atoms with van der Waals surface area (Å²) in [5.41, 5.74) is 0. The topological polar surface area (TPSA) is 60.2 Å². The summed E-state index contributed by atoms with van der Waals surface area (Å²) in [5.74, 6) is 0.0419. The molecule has 1 aromatic rings. The van der Waals surface area contributed by atoms with Gasteiger partial charge in [-0.1, -0.05) is 0 Å². The molecule has 0 radical (unpaired) electrons. The summed E-state index contributed by atoms with van der Waals surface area (Å²) in [4.78, 5) is 14.8. The van der Waals surface area contributed by atoms with Crippen molar-refractivity contribution in [2.75, 3.05) is 26.3 Å². The zero-order valence-electron chi connectivity index (χ0n) is 8.67. The monoisotopic (exact) mass is 210 g/mol. The quantitative estimate of drug-likeness (QED) is 0.684. The van der Waals surface area contributed by atoms with Crippen molar-refractivity contribution in [3.05, 3.63) is 12.4 Å². The summed E-state index contributed by atoms with van der Waals surface area (Å²) in [7, 11) is 0. The zero-order valence-corrected chi connectivity index (χ0v) is 8.67. The molecule has 1 aromatic heterocycles. The Bertz CT molecular complexity index is 319. The van der Waals surface area contributed by atoms with E-state index < -0.39 is 0 Å². The van der Waals surface area contributed by atoms with Gasteiger partial charge in [-0.2, -0.15) is 15.0 Å². The van der Waals surface area contributed by atoms with Crippen molar-refractivity contribution >= 4 is 5.91 Å². The lowest BCUT2D eigenvalue weighted by Gasteiger charge is -2.38. The zero-order chi connectivity index (χ0) is 10.7. The Morgan fingerprint density at radius 3 is 2.73 bits per heavy atom. The molecular formula is C9H14N4O2. The van der Waals surface area contributed by atoms with Crippen molar-refractivity contribution in [3.63, 3.8) is 0 Å². The van der Waals surface area contributed by atoms with E-state index in [1.165, 1.54) is 0 Å². The summed E-state index contributed by atoms with van der Waals surface area (Å²) < 4.78 is 5.05. The number of carbonyl (C=O) groups excluding carboxylic acids is 1. The van der Waals surface area contributed by atoms with Crippen LogP contribution in [0.15, 0.2) is 12.4 Å². The molecule has 2 rings (SSSR count). The maximum Gasteiger partial charge on any atom is 0.248 e. The number of amides is 1. The van der Waals surface area contributed by atoms with E-state index in [1.54, 1.807) is 22.1 Å². The summed E-state index contributed by atoms with van der Waals surface area (Å²) in [5, 5.41) is 8.06. The maximum atomic E-state index is 11.5. The van der Waals surface area contributed by atoms with Crippen molar-refractivity contribution < 1.29 is 9.53 Å². The lowest BCUT2D eigenvalue weighted by Crippen LogP contribution is -2.52. The van der Waals surface area contributed by atoms with Gasteiger partial charge >= 0.3 is 0 Å². The fraction of sp³-hybridized carbons (Fsp3) is 0.667. The second-order valence-corrected chi connectivity index (χ2v) is 3.44. The molecule has 6 nitrogen and oxygen atoms in total. The van der Waals surface area contributed by atoms with Gasteiger partial charge in [-0.05, 0) is 6.92 Å². The van der Waals surface area contributed by atoms with Crippen LogP contribution in [0.25, 0.3) is 0 Å². The molecule has 0 aromatic carbocycles. The van der Waals surface area contributed by atoms with Crippen LogP contribution in [0, 0.1) is 0 Å². The Morgan fingerprint density at radius 2 is 2.13 bits per heavy atom. The molecule has 1 amide bonds. The van der Waals surface area contributed by atoms with Gasteiger partial charge in [0.25, 0.3) is 0 Å².